The van der Waals surface area contributed by atoms with Crippen LogP contribution >= 0.6 is 43.6 Å². The third kappa shape index (κ3) is 4.58. The molecule has 0 saturated heterocycles. The molecule has 0 saturated carbocycles. The third-order valence-electron chi connectivity index (χ3n) is 2.78. The maximum atomic E-state index is 13.7. The van der Waals surface area contributed by atoms with Gasteiger partial charge in [0.15, 0.2) is 0 Å². The van der Waals surface area contributed by atoms with E-state index in [4.69, 9.17) is 5.73 Å². The van der Waals surface area contributed by atoms with E-state index in [0.717, 1.165) is 19.6 Å². The molecule has 2 rings (SSSR count). The van der Waals surface area contributed by atoms with Crippen LogP contribution < -0.4 is 5.73 Å². The first-order valence-corrected chi connectivity index (χ1v) is 8.70. The predicted octanol–water partition coefficient (Wildman–Crippen LogP) is 5.01. The fourth-order valence-corrected chi connectivity index (χ4v) is 3.73. The van der Waals surface area contributed by atoms with Crippen LogP contribution in [-0.4, -0.2) is 11.8 Å². The standard InChI is InChI=1S/C15H14Br2FNS/c16-11-5-6-14(18)10(7-11)8-12(19)9-20-15-4-2-1-3-13(15)17/h1-7,12H,8-9,19H2. The summed E-state index contributed by atoms with van der Waals surface area (Å²) in [5.41, 5.74) is 6.76. The van der Waals surface area contributed by atoms with Crippen LogP contribution in [0.3, 0.4) is 0 Å². The second kappa shape index (κ2) is 7.59. The molecule has 2 aromatic rings. The molecule has 1 atom stereocenters. The van der Waals surface area contributed by atoms with Crippen LogP contribution in [0.4, 0.5) is 4.39 Å². The second-order valence-corrected chi connectivity index (χ2v) is 7.27. The Kier molecular flexibility index (Phi) is 6.08. The van der Waals surface area contributed by atoms with Gasteiger partial charge in [0.25, 0.3) is 0 Å². The number of rotatable bonds is 5. The van der Waals surface area contributed by atoms with Gasteiger partial charge < -0.3 is 5.73 Å². The highest BCUT2D eigenvalue weighted by atomic mass is 79.9. The highest BCUT2D eigenvalue weighted by molar-refractivity contribution is 9.10. The Labute approximate surface area is 139 Å². The van der Waals surface area contributed by atoms with E-state index in [1.807, 2.05) is 24.3 Å². The topological polar surface area (TPSA) is 26.0 Å². The number of halogens is 3. The monoisotopic (exact) mass is 417 g/mol. The second-order valence-electron chi connectivity index (χ2n) is 4.44. The lowest BCUT2D eigenvalue weighted by Crippen LogP contribution is -2.26. The summed E-state index contributed by atoms with van der Waals surface area (Å²) < 4.78 is 15.6. The van der Waals surface area contributed by atoms with Crippen molar-refractivity contribution in [1.29, 1.82) is 0 Å². The van der Waals surface area contributed by atoms with E-state index in [-0.39, 0.29) is 11.9 Å². The van der Waals surface area contributed by atoms with Gasteiger partial charge in [-0.15, -0.1) is 11.8 Å². The number of benzene rings is 2. The van der Waals surface area contributed by atoms with Crippen molar-refractivity contribution in [3.8, 4) is 0 Å². The summed E-state index contributed by atoms with van der Waals surface area (Å²) >= 11 is 8.54. The largest absolute Gasteiger partial charge is 0.327 e. The zero-order valence-electron chi connectivity index (χ0n) is 10.7. The minimum Gasteiger partial charge on any atom is -0.327 e. The van der Waals surface area contributed by atoms with Crippen molar-refractivity contribution in [1.82, 2.24) is 0 Å². The van der Waals surface area contributed by atoms with Crippen molar-refractivity contribution in [3.05, 3.63) is 62.8 Å². The summed E-state index contributed by atoms with van der Waals surface area (Å²) in [6.07, 6.45) is 0.530. The molecule has 0 heterocycles. The summed E-state index contributed by atoms with van der Waals surface area (Å²) in [5.74, 6) is 0.545. The average Bonchev–Trinajstić information content (AvgIpc) is 2.42. The molecule has 20 heavy (non-hydrogen) atoms. The highest BCUT2D eigenvalue weighted by Crippen LogP contribution is 2.27. The van der Waals surface area contributed by atoms with Gasteiger partial charge in [0.2, 0.25) is 0 Å². The first kappa shape index (κ1) is 16.0. The molecule has 0 amide bonds. The Morgan fingerprint density at radius 2 is 1.90 bits per heavy atom. The van der Waals surface area contributed by atoms with Gasteiger partial charge in [-0.1, -0.05) is 28.1 Å². The summed E-state index contributed by atoms with van der Waals surface area (Å²) in [6, 6.07) is 12.9. The number of nitrogens with two attached hydrogens (primary N) is 1. The van der Waals surface area contributed by atoms with Crippen molar-refractivity contribution in [3.63, 3.8) is 0 Å². The number of hydrogen-bond donors (Lipinski definition) is 1. The third-order valence-corrected chi connectivity index (χ3v) is 5.49. The molecule has 0 aliphatic carbocycles. The van der Waals surface area contributed by atoms with E-state index < -0.39 is 0 Å². The van der Waals surface area contributed by atoms with Gasteiger partial charge >= 0.3 is 0 Å². The minimum absolute atomic E-state index is 0.0871. The van der Waals surface area contributed by atoms with Crippen molar-refractivity contribution in [2.45, 2.75) is 17.4 Å². The molecule has 0 bridgehead atoms. The number of thioether (sulfide) groups is 1. The van der Waals surface area contributed by atoms with E-state index in [1.54, 1.807) is 23.9 Å². The molecule has 1 nitrogen and oxygen atoms in total. The first-order valence-electron chi connectivity index (χ1n) is 6.13. The van der Waals surface area contributed by atoms with Crippen molar-refractivity contribution >= 4 is 43.6 Å². The Balaban J connectivity index is 1.94. The molecule has 2 N–H and O–H groups in total. The summed E-state index contributed by atoms with van der Waals surface area (Å²) in [4.78, 5) is 1.15. The molecule has 0 aromatic heterocycles. The summed E-state index contributed by atoms with van der Waals surface area (Å²) in [6.45, 7) is 0. The van der Waals surface area contributed by atoms with Gasteiger partial charge in [-0.25, -0.2) is 4.39 Å². The maximum Gasteiger partial charge on any atom is 0.126 e. The molecule has 1 unspecified atom stereocenters. The maximum absolute atomic E-state index is 13.7. The zero-order chi connectivity index (χ0) is 14.5. The van der Waals surface area contributed by atoms with Gasteiger partial charge in [0, 0.05) is 25.6 Å². The Hall–Kier alpha value is -0.360. The van der Waals surface area contributed by atoms with Gasteiger partial charge in [-0.05, 0) is 58.2 Å². The van der Waals surface area contributed by atoms with Crippen molar-refractivity contribution in [2.75, 3.05) is 5.75 Å². The normalized spacial score (nSPS) is 12.4. The summed E-state index contributed by atoms with van der Waals surface area (Å²) in [7, 11) is 0. The molecule has 106 valence electrons. The Bertz CT molecular complexity index is 592. The fraction of sp³-hybridized carbons (Fsp3) is 0.200. The van der Waals surface area contributed by atoms with Crippen LogP contribution in [-0.2, 0) is 6.42 Å². The van der Waals surface area contributed by atoms with Gasteiger partial charge in [-0.2, -0.15) is 0 Å². The highest BCUT2D eigenvalue weighted by Gasteiger charge is 2.10. The van der Waals surface area contributed by atoms with Crippen molar-refractivity contribution in [2.24, 2.45) is 5.73 Å². The summed E-state index contributed by atoms with van der Waals surface area (Å²) in [5, 5.41) is 0. The van der Waals surface area contributed by atoms with Crippen LogP contribution in [0.5, 0.6) is 0 Å². The lowest BCUT2D eigenvalue weighted by Gasteiger charge is -2.13. The van der Waals surface area contributed by atoms with E-state index in [2.05, 4.69) is 31.9 Å². The zero-order valence-corrected chi connectivity index (χ0v) is 14.6. The molecule has 2 aromatic carbocycles. The molecule has 0 aliphatic heterocycles. The van der Waals surface area contributed by atoms with Gasteiger partial charge in [0.1, 0.15) is 5.82 Å². The fourth-order valence-electron chi connectivity index (χ4n) is 1.80. The van der Waals surface area contributed by atoms with E-state index in [0.29, 0.717) is 12.0 Å². The van der Waals surface area contributed by atoms with Crippen LogP contribution in [0.1, 0.15) is 5.56 Å². The minimum atomic E-state index is -0.199. The Morgan fingerprint density at radius 3 is 2.65 bits per heavy atom. The lowest BCUT2D eigenvalue weighted by atomic mass is 10.1. The van der Waals surface area contributed by atoms with Crippen molar-refractivity contribution < 1.29 is 4.39 Å². The van der Waals surface area contributed by atoms with E-state index >= 15 is 0 Å². The SMILES string of the molecule is NC(CSc1ccccc1Br)Cc1cc(Br)ccc1F. The first-order chi connectivity index (χ1) is 9.56. The van der Waals surface area contributed by atoms with E-state index in [9.17, 15) is 4.39 Å². The quantitative estimate of drug-likeness (QED) is 0.690. The van der Waals surface area contributed by atoms with Crippen LogP contribution in [0.25, 0.3) is 0 Å². The molecule has 0 spiro atoms. The van der Waals surface area contributed by atoms with E-state index in [1.165, 1.54) is 6.07 Å². The smallest absolute Gasteiger partial charge is 0.126 e. The predicted molar refractivity (Wildman–Crippen MR) is 90.6 cm³/mol. The molecular weight excluding hydrogens is 405 g/mol. The molecule has 0 aliphatic rings. The van der Waals surface area contributed by atoms with Crippen LogP contribution in [0.15, 0.2) is 56.3 Å². The average molecular weight is 419 g/mol. The van der Waals surface area contributed by atoms with Crippen LogP contribution in [0.2, 0.25) is 0 Å². The van der Waals surface area contributed by atoms with Gasteiger partial charge in [0.05, 0.1) is 0 Å². The van der Waals surface area contributed by atoms with Crippen LogP contribution in [0, 0.1) is 5.82 Å². The number of hydrogen-bond acceptors (Lipinski definition) is 2. The molecular formula is C15H14Br2FNS. The molecule has 0 radical (unpaired) electrons. The molecule has 0 fully saturated rings. The van der Waals surface area contributed by atoms with Gasteiger partial charge in [-0.3, -0.25) is 0 Å². The lowest BCUT2D eigenvalue weighted by molar-refractivity contribution is 0.597. The Morgan fingerprint density at radius 1 is 1.15 bits per heavy atom. The molecule has 5 heteroatoms.